The topological polar surface area (TPSA) is 55.2 Å². The summed E-state index contributed by atoms with van der Waals surface area (Å²) in [6.45, 7) is 1.33. The third-order valence-electron chi connectivity index (χ3n) is 7.05. The SMILES string of the molecule is CC1CCn2c(c(-c3ccc(F)cc3)c3cccnc3c2=O)C(=O)N(Cc2cc(C(F)(F)F)cc(C(F)(F)F)c2)C1. The molecular weight excluding hydrogens is 555 g/mol. The molecule has 1 amide bonds. The molecule has 0 spiro atoms. The van der Waals surface area contributed by atoms with E-state index in [1.165, 1.54) is 35.0 Å². The molecule has 5 rings (SSSR count). The van der Waals surface area contributed by atoms with Gasteiger partial charge >= 0.3 is 12.4 Å². The Morgan fingerprint density at radius 1 is 0.927 bits per heavy atom. The van der Waals surface area contributed by atoms with E-state index in [0.29, 0.717) is 29.5 Å². The molecule has 1 aliphatic rings. The van der Waals surface area contributed by atoms with Crippen LogP contribution in [-0.4, -0.2) is 26.9 Å². The average molecular weight is 578 g/mol. The molecule has 12 heteroatoms. The molecule has 0 radical (unpaired) electrons. The highest BCUT2D eigenvalue weighted by atomic mass is 19.4. The Morgan fingerprint density at radius 3 is 2.17 bits per heavy atom. The number of rotatable bonds is 3. The molecule has 2 aromatic heterocycles. The quantitative estimate of drug-likeness (QED) is 0.249. The van der Waals surface area contributed by atoms with Crippen LogP contribution in [0.3, 0.4) is 0 Å². The lowest BCUT2D eigenvalue weighted by molar-refractivity contribution is -0.143. The number of benzene rings is 2. The Morgan fingerprint density at radius 2 is 1.56 bits per heavy atom. The molecule has 1 unspecified atom stereocenters. The molecule has 1 atom stereocenters. The standard InChI is InChI=1S/C29H22F7N3O2/c1-16-8-10-39-25(23(18-4-6-21(30)7-5-18)22-3-2-9-37-24(22)26(39)40)27(41)38(14-16)15-17-11-19(28(31,32)33)13-20(12-17)29(34,35)36/h2-7,9,11-13,16H,8,10,14-15H2,1H3. The Kier molecular flexibility index (Phi) is 7.12. The lowest BCUT2D eigenvalue weighted by Gasteiger charge is -2.32. The summed E-state index contributed by atoms with van der Waals surface area (Å²) in [5.74, 6) is -1.55. The maximum Gasteiger partial charge on any atom is 0.416 e. The van der Waals surface area contributed by atoms with Gasteiger partial charge in [-0.05, 0) is 59.9 Å². The highest BCUT2D eigenvalue weighted by molar-refractivity contribution is 6.07. The van der Waals surface area contributed by atoms with Crippen LogP contribution in [0.2, 0.25) is 0 Å². The average Bonchev–Trinajstić information content (AvgIpc) is 2.90. The van der Waals surface area contributed by atoms with Gasteiger partial charge < -0.3 is 9.47 Å². The van der Waals surface area contributed by atoms with Crippen molar-refractivity contribution in [2.24, 2.45) is 5.92 Å². The number of alkyl halides is 6. The maximum atomic E-state index is 14.2. The van der Waals surface area contributed by atoms with E-state index in [4.69, 9.17) is 0 Å². The van der Waals surface area contributed by atoms with Crippen molar-refractivity contribution < 1.29 is 35.5 Å². The van der Waals surface area contributed by atoms with Crippen molar-refractivity contribution in [3.05, 3.63) is 99.3 Å². The number of hydrogen-bond donors (Lipinski definition) is 0. The van der Waals surface area contributed by atoms with E-state index in [1.807, 2.05) is 0 Å². The van der Waals surface area contributed by atoms with E-state index in [0.717, 1.165) is 4.90 Å². The summed E-state index contributed by atoms with van der Waals surface area (Å²) in [5.41, 5.74) is -3.31. The predicted octanol–water partition coefficient (Wildman–Crippen LogP) is 6.92. The number of amides is 1. The minimum absolute atomic E-state index is 0.0125. The molecular formula is C29H22F7N3O2. The summed E-state index contributed by atoms with van der Waals surface area (Å²) in [7, 11) is 0. The highest BCUT2D eigenvalue weighted by Crippen LogP contribution is 2.37. The molecule has 1 aliphatic heterocycles. The first-order valence-corrected chi connectivity index (χ1v) is 12.6. The first kappa shape index (κ1) is 28.3. The third kappa shape index (κ3) is 5.55. The number of aromatic nitrogens is 2. The van der Waals surface area contributed by atoms with Crippen molar-refractivity contribution in [3.8, 4) is 11.1 Å². The summed E-state index contributed by atoms with van der Waals surface area (Å²) in [5, 5.41) is 0.302. The van der Waals surface area contributed by atoms with Crippen LogP contribution in [0.5, 0.6) is 0 Å². The Hall–Kier alpha value is -4.22. The molecule has 0 saturated heterocycles. The van der Waals surface area contributed by atoms with E-state index in [2.05, 4.69) is 4.98 Å². The number of halogens is 7. The van der Waals surface area contributed by atoms with Gasteiger partial charge in [0.2, 0.25) is 0 Å². The second-order valence-electron chi connectivity index (χ2n) is 10.1. The van der Waals surface area contributed by atoms with Crippen molar-refractivity contribution in [2.75, 3.05) is 6.54 Å². The predicted molar refractivity (Wildman–Crippen MR) is 136 cm³/mol. The van der Waals surface area contributed by atoms with Crippen LogP contribution in [0.25, 0.3) is 22.0 Å². The molecule has 0 N–H and O–H groups in total. The summed E-state index contributed by atoms with van der Waals surface area (Å²) in [6.07, 6.45) is -8.30. The van der Waals surface area contributed by atoms with Gasteiger partial charge in [0, 0.05) is 36.8 Å². The summed E-state index contributed by atoms with van der Waals surface area (Å²) >= 11 is 0. The second-order valence-corrected chi connectivity index (χ2v) is 10.1. The number of hydrogen-bond acceptors (Lipinski definition) is 3. The molecule has 2 aromatic carbocycles. The zero-order valence-corrected chi connectivity index (χ0v) is 21.5. The zero-order chi connectivity index (χ0) is 29.7. The fourth-order valence-electron chi connectivity index (χ4n) is 5.13. The second kappa shape index (κ2) is 10.3. The number of fused-ring (bicyclic) bond motifs is 2. The van der Waals surface area contributed by atoms with Crippen molar-refractivity contribution in [1.29, 1.82) is 0 Å². The minimum Gasteiger partial charge on any atom is -0.333 e. The van der Waals surface area contributed by atoms with E-state index < -0.39 is 47.3 Å². The van der Waals surface area contributed by atoms with Gasteiger partial charge in [-0.3, -0.25) is 14.6 Å². The minimum atomic E-state index is -5.05. The van der Waals surface area contributed by atoms with Gasteiger partial charge in [0.1, 0.15) is 17.0 Å². The third-order valence-corrected chi connectivity index (χ3v) is 7.05. The van der Waals surface area contributed by atoms with E-state index in [-0.39, 0.29) is 47.4 Å². The molecule has 41 heavy (non-hydrogen) atoms. The van der Waals surface area contributed by atoms with Crippen molar-refractivity contribution in [1.82, 2.24) is 14.5 Å². The van der Waals surface area contributed by atoms with Crippen LogP contribution < -0.4 is 5.56 Å². The van der Waals surface area contributed by atoms with Gasteiger partial charge in [0.25, 0.3) is 11.5 Å². The highest BCUT2D eigenvalue weighted by Gasteiger charge is 2.38. The van der Waals surface area contributed by atoms with Gasteiger partial charge in [0.15, 0.2) is 0 Å². The summed E-state index contributed by atoms with van der Waals surface area (Å²) in [4.78, 5) is 33.1. The number of nitrogens with zero attached hydrogens (tertiary/aromatic N) is 3. The molecule has 214 valence electrons. The fraction of sp³-hybridized carbons (Fsp3) is 0.276. The lowest BCUT2D eigenvalue weighted by Crippen LogP contribution is -2.41. The van der Waals surface area contributed by atoms with E-state index in [1.54, 1.807) is 19.1 Å². The first-order chi connectivity index (χ1) is 19.2. The molecule has 4 aromatic rings. The monoisotopic (exact) mass is 577 g/mol. The Balaban J connectivity index is 1.72. The van der Waals surface area contributed by atoms with Crippen molar-refractivity contribution in [3.63, 3.8) is 0 Å². The van der Waals surface area contributed by atoms with E-state index >= 15 is 0 Å². The molecule has 0 saturated carbocycles. The first-order valence-electron chi connectivity index (χ1n) is 12.6. The van der Waals surface area contributed by atoms with Gasteiger partial charge in [0.05, 0.1) is 11.1 Å². The van der Waals surface area contributed by atoms with Crippen LogP contribution in [0.1, 0.15) is 40.5 Å². The number of carbonyl (C=O) groups is 1. The van der Waals surface area contributed by atoms with Gasteiger partial charge in [-0.2, -0.15) is 26.3 Å². The summed E-state index contributed by atoms with van der Waals surface area (Å²) in [6, 6.07) is 9.53. The van der Waals surface area contributed by atoms with Gasteiger partial charge in [-0.15, -0.1) is 0 Å². The fourth-order valence-corrected chi connectivity index (χ4v) is 5.13. The summed E-state index contributed by atoms with van der Waals surface area (Å²) < 4.78 is 96.1. The molecule has 5 nitrogen and oxygen atoms in total. The van der Waals surface area contributed by atoms with Crippen LogP contribution in [0, 0.1) is 11.7 Å². The molecule has 0 fully saturated rings. The number of pyridine rings is 2. The lowest BCUT2D eigenvalue weighted by atomic mass is 9.95. The van der Waals surface area contributed by atoms with Crippen LogP contribution in [-0.2, 0) is 25.4 Å². The number of carbonyl (C=O) groups excluding carboxylic acids is 1. The normalized spacial score (nSPS) is 16.4. The van der Waals surface area contributed by atoms with E-state index in [9.17, 15) is 40.3 Å². The van der Waals surface area contributed by atoms with Crippen molar-refractivity contribution in [2.45, 2.75) is 38.8 Å². The largest absolute Gasteiger partial charge is 0.416 e. The molecule has 0 aliphatic carbocycles. The van der Waals surface area contributed by atoms with Gasteiger partial charge in [-0.1, -0.05) is 25.1 Å². The van der Waals surface area contributed by atoms with Crippen LogP contribution in [0.15, 0.2) is 65.6 Å². The molecule has 3 heterocycles. The molecule has 0 bridgehead atoms. The Labute approximate surface area is 228 Å². The zero-order valence-electron chi connectivity index (χ0n) is 21.5. The van der Waals surface area contributed by atoms with Crippen LogP contribution >= 0.6 is 0 Å². The van der Waals surface area contributed by atoms with Crippen molar-refractivity contribution >= 4 is 16.8 Å². The van der Waals surface area contributed by atoms with Crippen LogP contribution in [0.4, 0.5) is 30.7 Å². The van der Waals surface area contributed by atoms with Gasteiger partial charge in [-0.25, -0.2) is 4.39 Å². The smallest absolute Gasteiger partial charge is 0.333 e. The Bertz CT molecular complexity index is 1660. The maximum absolute atomic E-state index is 14.2.